The first-order valence-electron chi connectivity index (χ1n) is 7.55. The van der Waals surface area contributed by atoms with Crippen molar-refractivity contribution in [3.05, 3.63) is 60.6 Å². The molecule has 3 aromatic rings. The Bertz CT molecular complexity index is 735. The van der Waals surface area contributed by atoms with Crippen LogP contribution < -0.4 is 5.32 Å². The van der Waals surface area contributed by atoms with Gasteiger partial charge in [0.1, 0.15) is 0 Å². The van der Waals surface area contributed by atoms with Crippen molar-refractivity contribution in [2.75, 3.05) is 6.54 Å². The summed E-state index contributed by atoms with van der Waals surface area (Å²) < 4.78 is 5.68. The molecule has 23 heavy (non-hydrogen) atoms. The maximum absolute atomic E-state index is 11.8. The van der Waals surface area contributed by atoms with Gasteiger partial charge in [0, 0.05) is 43.3 Å². The van der Waals surface area contributed by atoms with Crippen LogP contribution in [0.4, 0.5) is 0 Å². The molecule has 3 rings (SSSR count). The standard InChI is InChI=1S/C17H18N4O2/c22-16(19-9-8-14-10-18-12-21-14)6-7-17-20-11-15(23-17)13-4-2-1-3-5-13/h1-5,10-12H,6-9H2,(H,18,21)(H,19,22). The Labute approximate surface area is 134 Å². The maximum atomic E-state index is 11.8. The fourth-order valence-corrected chi connectivity index (χ4v) is 2.23. The Morgan fingerprint density at radius 2 is 2.04 bits per heavy atom. The Morgan fingerprint density at radius 1 is 1.17 bits per heavy atom. The van der Waals surface area contributed by atoms with Gasteiger partial charge in [0.15, 0.2) is 11.7 Å². The molecule has 6 nitrogen and oxygen atoms in total. The lowest BCUT2D eigenvalue weighted by molar-refractivity contribution is -0.121. The van der Waals surface area contributed by atoms with E-state index < -0.39 is 0 Å². The number of amides is 1. The van der Waals surface area contributed by atoms with Crippen molar-refractivity contribution in [2.24, 2.45) is 0 Å². The number of nitrogens with one attached hydrogen (secondary N) is 2. The molecule has 2 heterocycles. The van der Waals surface area contributed by atoms with E-state index in [9.17, 15) is 4.79 Å². The number of hydrogen-bond acceptors (Lipinski definition) is 4. The van der Waals surface area contributed by atoms with Crippen LogP contribution in [-0.2, 0) is 17.6 Å². The molecule has 0 radical (unpaired) electrons. The molecule has 1 amide bonds. The van der Waals surface area contributed by atoms with E-state index in [0.29, 0.717) is 25.3 Å². The molecule has 0 aliphatic heterocycles. The van der Waals surface area contributed by atoms with Crippen LogP contribution in [0, 0.1) is 0 Å². The van der Waals surface area contributed by atoms with E-state index >= 15 is 0 Å². The van der Waals surface area contributed by atoms with Gasteiger partial charge in [0.05, 0.1) is 12.5 Å². The van der Waals surface area contributed by atoms with Crippen LogP contribution in [0.3, 0.4) is 0 Å². The average molecular weight is 310 g/mol. The number of aromatic amines is 1. The Morgan fingerprint density at radius 3 is 2.83 bits per heavy atom. The lowest BCUT2D eigenvalue weighted by Crippen LogP contribution is -2.25. The molecule has 0 aliphatic rings. The fraction of sp³-hybridized carbons (Fsp3) is 0.235. The van der Waals surface area contributed by atoms with Crippen molar-refractivity contribution in [3.63, 3.8) is 0 Å². The summed E-state index contributed by atoms with van der Waals surface area (Å²) in [6, 6.07) is 9.78. The number of rotatable bonds is 7. The fourth-order valence-electron chi connectivity index (χ4n) is 2.23. The van der Waals surface area contributed by atoms with Crippen molar-refractivity contribution < 1.29 is 9.21 Å². The van der Waals surface area contributed by atoms with E-state index in [1.807, 2.05) is 30.3 Å². The second-order valence-electron chi connectivity index (χ2n) is 5.16. The maximum Gasteiger partial charge on any atom is 0.220 e. The molecule has 0 aliphatic carbocycles. The van der Waals surface area contributed by atoms with Crippen LogP contribution in [0.15, 0.2) is 53.5 Å². The van der Waals surface area contributed by atoms with Gasteiger partial charge in [-0.05, 0) is 0 Å². The number of benzene rings is 1. The minimum Gasteiger partial charge on any atom is -0.441 e. The van der Waals surface area contributed by atoms with Crippen molar-refractivity contribution in [2.45, 2.75) is 19.3 Å². The Kier molecular flexibility index (Phi) is 4.83. The molecule has 2 N–H and O–H groups in total. The molecule has 2 aromatic heterocycles. The van der Waals surface area contributed by atoms with Crippen molar-refractivity contribution in [1.82, 2.24) is 20.3 Å². The highest BCUT2D eigenvalue weighted by molar-refractivity contribution is 5.76. The van der Waals surface area contributed by atoms with Crippen LogP contribution in [0.1, 0.15) is 18.0 Å². The Balaban J connectivity index is 1.43. The van der Waals surface area contributed by atoms with Gasteiger partial charge in [-0.3, -0.25) is 4.79 Å². The summed E-state index contributed by atoms with van der Waals surface area (Å²) in [5.41, 5.74) is 1.99. The molecule has 118 valence electrons. The van der Waals surface area contributed by atoms with E-state index in [1.54, 1.807) is 18.7 Å². The zero-order chi connectivity index (χ0) is 15.9. The normalized spacial score (nSPS) is 10.6. The number of nitrogens with zero attached hydrogens (tertiary/aromatic N) is 2. The average Bonchev–Trinajstić information content (AvgIpc) is 3.25. The van der Waals surface area contributed by atoms with Gasteiger partial charge < -0.3 is 14.7 Å². The third-order valence-corrected chi connectivity index (χ3v) is 3.45. The molecular formula is C17H18N4O2. The van der Waals surface area contributed by atoms with E-state index in [-0.39, 0.29) is 5.91 Å². The highest BCUT2D eigenvalue weighted by atomic mass is 16.4. The molecule has 0 atom stereocenters. The quantitative estimate of drug-likeness (QED) is 0.701. The number of oxazole rings is 1. The van der Waals surface area contributed by atoms with Crippen LogP contribution in [0.2, 0.25) is 0 Å². The van der Waals surface area contributed by atoms with Gasteiger partial charge in [-0.1, -0.05) is 30.3 Å². The van der Waals surface area contributed by atoms with Gasteiger partial charge >= 0.3 is 0 Å². The van der Waals surface area contributed by atoms with Crippen LogP contribution in [-0.4, -0.2) is 27.4 Å². The van der Waals surface area contributed by atoms with Crippen LogP contribution >= 0.6 is 0 Å². The molecule has 0 bridgehead atoms. The van der Waals surface area contributed by atoms with Crippen molar-refractivity contribution in [3.8, 4) is 11.3 Å². The zero-order valence-electron chi connectivity index (χ0n) is 12.7. The van der Waals surface area contributed by atoms with Crippen LogP contribution in [0.25, 0.3) is 11.3 Å². The minimum atomic E-state index is -0.0102. The highest BCUT2D eigenvalue weighted by Crippen LogP contribution is 2.20. The Hall–Kier alpha value is -2.89. The predicted octanol–water partition coefficient (Wildman–Crippen LogP) is 2.36. The lowest BCUT2D eigenvalue weighted by Gasteiger charge is -2.02. The van der Waals surface area contributed by atoms with E-state index in [4.69, 9.17) is 4.42 Å². The second kappa shape index (κ2) is 7.40. The molecule has 0 saturated heterocycles. The van der Waals surface area contributed by atoms with E-state index in [1.165, 1.54) is 0 Å². The number of carbonyl (C=O) groups is 1. The number of aromatic nitrogens is 3. The summed E-state index contributed by atoms with van der Waals surface area (Å²) in [7, 11) is 0. The van der Waals surface area contributed by atoms with E-state index in [0.717, 1.165) is 23.4 Å². The van der Waals surface area contributed by atoms with Gasteiger partial charge in [-0.2, -0.15) is 0 Å². The summed E-state index contributed by atoms with van der Waals surface area (Å²) in [4.78, 5) is 23.0. The topological polar surface area (TPSA) is 83.8 Å². The SMILES string of the molecule is O=C(CCc1ncc(-c2ccccc2)o1)NCCc1cnc[nH]1. The number of hydrogen-bond donors (Lipinski definition) is 2. The summed E-state index contributed by atoms with van der Waals surface area (Å²) in [5, 5.41) is 2.87. The number of aryl methyl sites for hydroxylation is 1. The summed E-state index contributed by atoms with van der Waals surface area (Å²) >= 11 is 0. The summed E-state index contributed by atoms with van der Waals surface area (Å²) in [5.74, 6) is 1.29. The first-order valence-corrected chi connectivity index (χ1v) is 7.55. The predicted molar refractivity (Wildman–Crippen MR) is 85.6 cm³/mol. The van der Waals surface area contributed by atoms with Crippen molar-refractivity contribution >= 4 is 5.91 Å². The summed E-state index contributed by atoms with van der Waals surface area (Å²) in [6.45, 7) is 0.585. The molecule has 1 aromatic carbocycles. The first kappa shape index (κ1) is 15.0. The monoisotopic (exact) mass is 310 g/mol. The second-order valence-corrected chi connectivity index (χ2v) is 5.16. The third kappa shape index (κ3) is 4.29. The summed E-state index contributed by atoms with van der Waals surface area (Å²) in [6.07, 6.45) is 6.66. The van der Waals surface area contributed by atoms with Crippen LogP contribution in [0.5, 0.6) is 0 Å². The molecular weight excluding hydrogens is 292 g/mol. The van der Waals surface area contributed by atoms with Gasteiger partial charge in [0.25, 0.3) is 0 Å². The first-order chi connectivity index (χ1) is 11.3. The van der Waals surface area contributed by atoms with Crippen molar-refractivity contribution in [1.29, 1.82) is 0 Å². The number of carbonyl (C=O) groups excluding carboxylic acids is 1. The molecule has 0 saturated carbocycles. The van der Waals surface area contributed by atoms with Gasteiger partial charge in [0.2, 0.25) is 5.91 Å². The molecule has 0 spiro atoms. The third-order valence-electron chi connectivity index (χ3n) is 3.45. The molecule has 6 heteroatoms. The van der Waals surface area contributed by atoms with Gasteiger partial charge in [-0.15, -0.1) is 0 Å². The minimum absolute atomic E-state index is 0.0102. The molecule has 0 fully saturated rings. The number of imidazole rings is 1. The largest absolute Gasteiger partial charge is 0.441 e. The smallest absolute Gasteiger partial charge is 0.220 e. The molecule has 0 unspecified atom stereocenters. The zero-order valence-corrected chi connectivity index (χ0v) is 12.7. The lowest BCUT2D eigenvalue weighted by atomic mass is 10.2. The highest BCUT2D eigenvalue weighted by Gasteiger charge is 2.08. The van der Waals surface area contributed by atoms with Gasteiger partial charge in [-0.25, -0.2) is 9.97 Å². The number of H-pyrrole nitrogens is 1. The van der Waals surface area contributed by atoms with E-state index in [2.05, 4.69) is 20.3 Å².